The van der Waals surface area contributed by atoms with E-state index in [1.807, 2.05) is 11.8 Å². The molecule has 1 heterocycles. The van der Waals surface area contributed by atoms with Crippen molar-refractivity contribution in [1.82, 2.24) is 0 Å². The molecule has 1 aromatic heterocycles. The van der Waals surface area contributed by atoms with Crippen LogP contribution in [0.1, 0.15) is 0 Å². The van der Waals surface area contributed by atoms with Crippen LogP contribution in [-0.4, -0.2) is 7.25 Å². The number of halogens is 6. The smallest absolute Gasteiger partial charge is 0.418 e. The first kappa shape index (κ1) is 20.7. The van der Waals surface area contributed by atoms with Crippen molar-refractivity contribution in [1.29, 1.82) is 0 Å². The Hall–Kier alpha value is -1.03. The lowest BCUT2D eigenvalue weighted by molar-refractivity contribution is 0.368. The van der Waals surface area contributed by atoms with Gasteiger partial charge in [0.15, 0.2) is 0 Å². The summed E-state index contributed by atoms with van der Waals surface area (Å²) in [5, 5.41) is 7.29. The molecule has 0 aliphatic heterocycles. The highest BCUT2D eigenvalue weighted by molar-refractivity contribution is 9.13. The van der Waals surface area contributed by atoms with Crippen molar-refractivity contribution < 1.29 is 17.3 Å². The molecule has 0 unspecified atom stereocenters. The van der Waals surface area contributed by atoms with Crippen LogP contribution in [0.2, 0.25) is 0 Å². The fraction of sp³-hybridized carbons (Fsp3) is 0. The van der Waals surface area contributed by atoms with Crippen molar-refractivity contribution in [2.75, 3.05) is 0 Å². The van der Waals surface area contributed by atoms with Crippen LogP contribution >= 0.6 is 55.0 Å². The van der Waals surface area contributed by atoms with E-state index in [1.54, 1.807) is 11.3 Å². The van der Waals surface area contributed by atoms with Crippen LogP contribution in [0.4, 0.5) is 17.3 Å². The van der Waals surface area contributed by atoms with Gasteiger partial charge in [0.2, 0.25) is 0 Å². The van der Waals surface area contributed by atoms with Gasteiger partial charge in [0, 0.05) is 14.7 Å². The third-order valence-electron chi connectivity index (χ3n) is 3.57. The van der Waals surface area contributed by atoms with Gasteiger partial charge in [0.1, 0.15) is 0 Å². The van der Waals surface area contributed by atoms with Crippen LogP contribution in [0, 0.1) is 0 Å². The van der Waals surface area contributed by atoms with E-state index >= 15 is 0 Å². The van der Waals surface area contributed by atoms with Crippen molar-refractivity contribution in [2.45, 2.75) is 9.10 Å². The molecule has 140 valence electrons. The van der Waals surface area contributed by atoms with Crippen molar-refractivity contribution in [3.63, 3.8) is 0 Å². The summed E-state index contributed by atoms with van der Waals surface area (Å²) in [6.45, 7) is 0. The van der Waals surface area contributed by atoms with Crippen LogP contribution in [0.25, 0.3) is 21.5 Å². The summed E-state index contributed by atoms with van der Waals surface area (Å²) in [6.07, 6.45) is 0. The molecule has 0 bridgehead atoms. The van der Waals surface area contributed by atoms with Crippen molar-refractivity contribution >= 4 is 83.8 Å². The highest BCUT2D eigenvalue weighted by Gasteiger charge is 2.20. The summed E-state index contributed by atoms with van der Waals surface area (Å²) < 4.78 is 42.5. The molecule has 27 heavy (non-hydrogen) atoms. The topological polar surface area (TPSA) is 0 Å². The number of thiophene rings is 1. The van der Waals surface area contributed by atoms with Gasteiger partial charge in [0.25, 0.3) is 0 Å². The first-order chi connectivity index (χ1) is 12.7. The Bertz CT molecular complexity index is 1090. The fourth-order valence-electron chi connectivity index (χ4n) is 2.50. The zero-order chi connectivity index (χ0) is 19.6. The van der Waals surface area contributed by atoms with Gasteiger partial charge in [-0.1, -0.05) is 48.2 Å². The molecular formula is C18H10BBr2F4S2-. The summed E-state index contributed by atoms with van der Waals surface area (Å²) in [5.41, 5.74) is 0. The molecule has 4 rings (SSSR count). The Labute approximate surface area is 178 Å². The molecule has 0 atom stereocenters. The summed E-state index contributed by atoms with van der Waals surface area (Å²) in [4.78, 5) is 1.29. The number of benzene rings is 3. The van der Waals surface area contributed by atoms with Gasteiger partial charge in [-0.05, 0) is 71.6 Å². The second-order valence-electron chi connectivity index (χ2n) is 5.46. The van der Waals surface area contributed by atoms with Crippen molar-refractivity contribution in [2.24, 2.45) is 0 Å². The zero-order valence-electron chi connectivity index (χ0n) is 13.4. The van der Waals surface area contributed by atoms with Crippen molar-refractivity contribution in [3.05, 3.63) is 68.9 Å². The minimum atomic E-state index is -6.00. The first-order valence-corrected chi connectivity index (χ1v) is 10.9. The second-order valence-corrected chi connectivity index (χ2v) is 9.30. The first-order valence-electron chi connectivity index (χ1n) is 7.61. The van der Waals surface area contributed by atoms with Crippen LogP contribution in [0.15, 0.2) is 78.0 Å². The predicted molar refractivity (Wildman–Crippen MR) is 115 cm³/mol. The van der Waals surface area contributed by atoms with Crippen LogP contribution in [0.5, 0.6) is 0 Å². The maximum absolute atomic E-state index is 9.75. The largest absolute Gasteiger partial charge is 0.673 e. The molecule has 0 N–H and O–H groups in total. The lowest BCUT2D eigenvalue weighted by Crippen LogP contribution is -2.02. The van der Waals surface area contributed by atoms with Crippen LogP contribution in [0.3, 0.4) is 0 Å². The normalized spacial score (nSPS) is 11.5. The summed E-state index contributed by atoms with van der Waals surface area (Å²) in [5.74, 6) is 0. The van der Waals surface area contributed by atoms with E-state index in [-0.39, 0.29) is 0 Å². The SMILES string of the molecule is Brc1csc(Sc2cccc3cc4ccccc4cc23)c1Br.F[B-](F)(F)F. The molecule has 0 radical (unpaired) electrons. The Morgan fingerprint density at radius 1 is 0.815 bits per heavy atom. The quantitative estimate of drug-likeness (QED) is 0.140. The van der Waals surface area contributed by atoms with Gasteiger partial charge in [-0.15, -0.1) is 11.3 Å². The molecule has 0 saturated heterocycles. The average molecular weight is 537 g/mol. The Balaban J connectivity index is 0.000000376. The van der Waals surface area contributed by atoms with E-state index in [0.717, 1.165) is 8.95 Å². The number of hydrogen-bond donors (Lipinski definition) is 0. The van der Waals surface area contributed by atoms with Crippen molar-refractivity contribution in [3.8, 4) is 0 Å². The maximum atomic E-state index is 9.75. The third-order valence-corrected chi connectivity index (χ3v) is 8.65. The molecule has 0 spiro atoms. The van der Waals surface area contributed by atoms with E-state index in [0.29, 0.717) is 0 Å². The van der Waals surface area contributed by atoms with Gasteiger partial charge < -0.3 is 17.3 Å². The molecule has 4 aromatic rings. The lowest BCUT2D eigenvalue weighted by atomic mass is 10.0. The zero-order valence-corrected chi connectivity index (χ0v) is 18.2. The summed E-state index contributed by atoms with van der Waals surface area (Å²) >= 11 is 10.8. The maximum Gasteiger partial charge on any atom is 0.673 e. The van der Waals surface area contributed by atoms with E-state index in [4.69, 9.17) is 0 Å². The van der Waals surface area contributed by atoms with E-state index < -0.39 is 7.25 Å². The number of hydrogen-bond acceptors (Lipinski definition) is 2. The Morgan fingerprint density at radius 2 is 1.41 bits per heavy atom. The monoisotopic (exact) mass is 535 g/mol. The predicted octanol–water partition coefficient (Wildman–Crippen LogP) is 9.03. The molecule has 0 fully saturated rings. The number of fused-ring (bicyclic) bond motifs is 2. The van der Waals surface area contributed by atoms with E-state index in [9.17, 15) is 17.3 Å². The molecule has 0 saturated carbocycles. The highest BCUT2D eigenvalue weighted by Crippen LogP contribution is 2.44. The fourth-order valence-corrected chi connectivity index (χ4v) is 6.01. The van der Waals surface area contributed by atoms with Crippen LogP contribution < -0.4 is 0 Å². The standard InChI is InChI=1S/C18H10Br2S2.BF4/c19-15-10-21-18(17(15)20)22-16-7-3-6-13-8-11-4-1-2-5-12(11)9-14(13)16;2-1(3,4)5/h1-10H;/q;-1. The minimum Gasteiger partial charge on any atom is -0.418 e. The highest BCUT2D eigenvalue weighted by atomic mass is 79.9. The van der Waals surface area contributed by atoms with Gasteiger partial charge in [0.05, 0.1) is 8.68 Å². The molecule has 0 aliphatic rings. The number of rotatable bonds is 2. The summed E-state index contributed by atoms with van der Waals surface area (Å²) in [7, 11) is -6.00. The van der Waals surface area contributed by atoms with Crippen LogP contribution in [-0.2, 0) is 0 Å². The van der Waals surface area contributed by atoms with Gasteiger partial charge in [-0.2, -0.15) is 0 Å². The van der Waals surface area contributed by atoms with E-state index in [1.165, 1.54) is 30.6 Å². The lowest BCUT2D eigenvalue weighted by Gasteiger charge is -2.07. The molecule has 9 heteroatoms. The minimum absolute atomic E-state index is 1.12. The van der Waals surface area contributed by atoms with Gasteiger partial charge in [-0.25, -0.2) is 0 Å². The molecule has 3 aromatic carbocycles. The molecular weight excluding hydrogens is 527 g/mol. The molecule has 0 amide bonds. The van der Waals surface area contributed by atoms with Gasteiger partial charge in [-0.3, -0.25) is 0 Å². The van der Waals surface area contributed by atoms with E-state index in [2.05, 4.69) is 91.8 Å². The second kappa shape index (κ2) is 8.55. The van der Waals surface area contributed by atoms with Gasteiger partial charge >= 0.3 is 7.25 Å². The Morgan fingerprint density at radius 3 is 2.00 bits per heavy atom. The third kappa shape index (κ3) is 5.50. The molecule has 0 aliphatic carbocycles. The summed E-state index contributed by atoms with van der Waals surface area (Å²) in [6, 6.07) is 19.6. The Kier molecular flexibility index (Phi) is 6.56. The molecule has 0 nitrogen and oxygen atoms in total. The average Bonchev–Trinajstić information content (AvgIpc) is 2.91.